The monoisotopic (exact) mass is 323 g/mol. The molecule has 0 saturated carbocycles. The van der Waals surface area contributed by atoms with E-state index in [1.165, 1.54) is 12.4 Å². The minimum absolute atomic E-state index is 0.0270. The second kappa shape index (κ2) is 6.88. The van der Waals surface area contributed by atoms with Gasteiger partial charge in [-0.1, -0.05) is 13.8 Å². The van der Waals surface area contributed by atoms with Crippen LogP contribution in [-0.4, -0.2) is 35.9 Å². The van der Waals surface area contributed by atoms with E-state index in [4.69, 9.17) is 11.6 Å². The van der Waals surface area contributed by atoms with E-state index >= 15 is 0 Å². The van der Waals surface area contributed by atoms with Gasteiger partial charge in [-0.25, -0.2) is 23.1 Å². The van der Waals surface area contributed by atoms with Crippen molar-refractivity contribution in [3.05, 3.63) is 17.7 Å². The topological polar surface area (TPSA) is 72.0 Å². The predicted octanol–water partition coefficient (Wildman–Crippen LogP) is 2.33. The first kappa shape index (κ1) is 16.7. The van der Waals surface area contributed by atoms with Crippen LogP contribution in [0.2, 0.25) is 5.28 Å². The first-order chi connectivity index (χ1) is 8.89. The molecule has 8 heteroatoms. The van der Waals surface area contributed by atoms with Gasteiger partial charge in [-0.2, -0.15) is 11.8 Å². The van der Waals surface area contributed by atoms with E-state index in [-0.39, 0.29) is 14.9 Å². The third kappa shape index (κ3) is 4.30. The van der Waals surface area contributed by atoms with Gasteiger partial charge in [0.25, 0.3) is 0 Å². The Morgan fingerprint density at radius 2 is 1.84 bits per heavy atom. The molecule has 1 heterocycles. The number of aromatic nitrogens is 2. The van der Waals surface area contributed by atoms with Gasteiger partial charge in [0.15, 0.2) is 0 Å². The largest absolute Gasteiger partial charge is 0.243 e. The van der Waals surface area contributed by atoms with Crippen molar-refractivity contribution < 1.29 is 8.42 Å². The van der Waals surface area contributed by atoms with Crippen LogP contribution in [0.5, 0.6) is 0 Å². The lowest BCUT2D eigenvalue weighted by Gasteiger charge is -2.29. The molecule has 1 aromatic rings. The fourth-order valence-corrected chi connectivity index (χ4v) is 3.61. The normalized spacial score (nSPS) is 12.6. The van der Waals surface area contributed by atoms with Crippen molar-refractivity contribution in [2.45, 2.75) is 36.3 Å². The molecule has 0 aromatic carbocycles. The zero-order chi connectivity index (χ0) is 14.5. The molecule has 0 aliphatic heterocycles. The van der Waals surface area contributed by atoms with Gasteiger partial charge in [0.2, 0.25) is 15.3 Å². The smallest absolute Gasteiger partial charge is 0.225 e. The van der Waals surface area contributed by atoms with E-state index in [0.717, 1.165) is 12.8 Å². The molecular formula is C11H18ClN3O2S2. The van der Waals surface area contributed by atoms with Gasteiger partial charge in [0.1, 0.15) is 4.90 Å². The van der Waals surface area contributed by atoms with Crippen molar-refractivity contribution in [1.82, 2.24) is 14.7 Å². The summed E-state index contributed by atoms with van der Waals surface area (Å²) in [7, 11) is -3.59. The number of rotatable bonds is 7. The first-order valence-corrected chi connectivity index (χ1v) is 9.00. The summed E-state index contributed by atoms with van der Waals surface area (Å²) in [4.78, 5) is 7.39. The van der Waals surface area contributed by atoms with Gasteiger partial charge in [-0.05, 0) is 30.7 Å². The number of halogens is 1. The number of thioether (sulfide) groups is 1. The van der Waals surface area contributed by atoms with Crippen LogP contribution in [0.1, 0.15) is 26.7 Å². The van der Waals surface area contributed by atoms with Crippen LogP contribution in [0, 0.1) is 0 Å². The molecule has 1 aromatic heterocycles. The summed E-state index contributed by atoms with van der Waals surface area (Å²) in [5.74, 6) is 0. The van der Waals surface area contributed by atoms with Crippen molar-refractivity contribution in [2.75, 3.05) is 12.8 Å². The van der Waals surface area contributed by atoms with Gasteiger partial charge in [-0.15, -0.1) is 0 Å². The molecule has 19 heavy (non-hydrogen) atoms. The van der Waals surface area contributed by atoms with Gasteiger partial charge in [0.05, 0.1) is 12.4 Å². The van der Waals surface area contributed by atoms with E-state index in [1.54, 1.807) is 11.8 Å². The molecular weight excluding hydrogens is 306 g/mol. The van der Waals surface area contributed by atoms with Crippen molar-refractivity contribution >= 4 is 33.4 Å². The Morgan fingerprint density at radius 3 is 2.26 bits per heavy atom. The third-order valence-electron chi connectivity index (χ3n) is 3.21. The Labute approximate surface area is 123 Å². The molecule has 5 nitrogen and oxygen atoms in total. The molecule has 0 amide bonds. The maximum Gasteiger partial charge on any atom is 0.243 e. The zero-order valence-corrected chi connectivity index (χ0v) is 13.6. The van der Waals surface area contributed by atoms with Crippen molar-refractivity contribution in [1.29, 1.82) is 0 Å². The van der Waals surface area contributed by atoms with E-state index in [2.05, 4.69) is 28.5 Å². The van der Waals surface area contributed by atoms with Crippen LogP contribution < -0.4 is 4.72 Å². The van der Waals surface area contributed by atoms with Gasteiger partial charge in [0, 0.05) is 11.3 Å². The maximum absolute atomic E-state index is 12.1. The number of hydrogen-bond donors (Lipinski definition) is 1. The fraction of sp³-hybridized carbons (Fsp3) is 0.636. The van der Waals surface area contributed by atoms with Crippen LogP contribution in [0.25, 0.3) is 0 Å². The van der Waals surface area contributed by atoms with E-state index < -0.39 is 10.0 Å². The number of hydrogen-bond acceptors (Lipinski definition) is 5. The lowest BCUT2D eigenvalue weighted by Crippen LogP contribution is -2.39. The number of sulfonamides is 1. The molecule has 0 fully saturated rings. The molecule has 0 unspecified atom stereocenters. The second-order valence-corrected chi connectivity index (χ2v) is 7.49. The van der Waals surface area contributed by atoms with E-state index in [0.29, 0.717) is 6.54 Å². The Kier molecular flexibility index (Phi) is 6.04. The second-order valence-electron chi connectivity index (χ2n) is 4.11. The summed E-state index contributed by atoms with van der Waals surface area (Å²) in [6.45, 7) is 4.49. The minimum atomic E-state index is -3.59. The summed E-state index contributed by atoms with van der Waals surface area (Å²) < 4.78 is 26.7. The highest BCUT2D eigenvalue weighted by Gasteiger charge is 2.27. The lowest BCUT2D eigenvalue weighted by molar-refractivity contribution is 0.521. The average molecular weight is 324 g/mol. The minimum Gasteiger partial charge on any atom is -0.225 e. The Balaban J connectivity index is 2.83. The van der Waals surface area contributed by atoms with Gasteiger partial charge >= 0.3 is 0 Å². The van der Waals surface area contributed by atoms with Gasteiger partial charge < -0.3 is 0 Å². The summed E-state index contributed by atoms with van der Waals surface area (Å²) in [6.07, 6.45) is 6.19. The Morgan fingerprint density at radius 1 is 1.32 bits per heavy atom. The summed E-state index contributed by atoms with van der Waals surface area (Å²) in [5, 5.41) is 0.0273. The highest BCUT2D eigenvalue weighted by molar-refractivity contribution is 8.00. The molecule has 0 spiro atoms. The van der Waals surface area contributed by atoms with Crippen LogP contribution in [0.3, 0.4) is 0 Å². The van der Waals surface area contributed by atoms with E-state index in [1.807, 2.05) is 6.26 Å². The molecule has 0 saturated heterocycles. The standard InChI is InChI=1S/C11H18ClN3O2S2/c1-4-11(5-2,18-3)8-15-19(16,17)9-6-13-10(12)14-7-9/h6-7,15H,4-5,8H2,1-3H3. The predicted molar refractivity (Wildman–Crippen MR) is 79.1 cm³/mol. The Bertz CT molecular complexity index is 493. The SMILES string of the molecule is CCC(CC)(CNS(=O)(=O)c1cnc(Cl)nc1)SC. The van der Waals surface area contributed by atoms with Crippen molar-refractivity contribution in [3.8, 4) is 0 Å². The van der Waals surface area contributed by atoms with Crippen LogP contribution >= 0.6 is 23.4 Å². The molecule has 1 rings (SSSR count). The quantitative estimate of drug-likeness (QED) is 0.780. The molecule has 0 bridgehead atoms. The van der Waals surface area contributed by atoms with Crippen LogP contribution in [0.15, 0.2) is 17.3 Å². The number of nitrogens with one attached hydrogen (secondary N) is 1. The van der Waals surface area contributed by atoms with Crippen LogP contribution in [-0.2, 0) is 10.0 Å². The molecule has 1 N–H and O–H groups in total. The first-order valence-electron chi connectivity index (χ1n) is 5.91. The van der Waals surface area contributed by atoms with Gasteiger partial charge in [-0.3, -0.25) is 0 Å². The number of nitrogens with zero attached hydrogens (tertiary/aromatic N) is 2. The lowest BCUT2D eigenvalue weighted by atomic mass is 10.0. The summed E-state index contributed by atoms with van der Waals surface area (Å²) >= 11 is 7.21. The molecule has 0 radical (unpaired) electrons. The van der Waals surface area contributed by atoms with Crippen LogP contribution in [0.4, 0.5) is 0 Å². The van der Waals surface area contributed by atoms with E-state index in [9.17, 15) is 8.42 Å². The Hall–Kier alpha value is -0.370. The average Bonchev–Trinajstić information content (AvgIpc) is 2.41. The highest BCUT2D eigenvalue weighted by Crippen LogP contribution is 2.29. The highest BCUT2D eigenvalue weighted by atomic mass is 35.5. The zero-order valence-electron chi connectivity index (χ0n) is 11.2. The molecule has 0 atom stereocenters. The summed E-state index contributed by atoms with van der Waals surface area (Å²) in [5.41, 5.74) is 0. The van der Waals surface area contributed by atoms with Crippen molar-refractivity contribution in [3.63, 3.8) is 0 Å². The maximum atomic E-state index is 12.1. The van der Waals surface area contributed by atoms with Crippen molar-refractivity contribution in [2.24, 2.45) is 0 Å². The summed E-state index contributed by atoms with van der Waals surface area (Å²) in [6, 6.07) is 0. The third-order valence-corrected chi connectivity index (χ3v) is 6.35. The molecule has 108 valence electrons. The molecule has 0 aliphatic carbocycles. The fourth-order valence-electron chi connectivity index (χ4n) is 1.61. The molecule has 0 aliphatic rings.